The number of non-ortho nitro benzene ring substituents is 1. The summed E-state index contributed by atoms with van der Waals surface area (Å²) in [6, 6.07) is 8.69. The summed E-state index contributed by atoms with van der Waals surface area (Å²) in [5.74, 6) is -0.647. The molecule has 0 aromatic heterocycles. The first-order valence-corrected chi connectivity index (χ1v) is 13.5. The van der Waals surface area contributed by atoms with Gasteiger partial charge < -0.3 is 14.8 Å². The SMILES string of the molecule is COc1ccc([N+](=O)[O-])cc1NC(=O)CN(c1ccc(S(=O)(=O)N2CCOCC2)cc1)S(C)(=O)=O. The van der Waals surface area contributed by atoms with E-state index in [1.165, 1.54) is 47.8 Å². The zero-order valence-electron chi connectivity index (χ0n) is 18.9. The van der Waals surface area contributed by atoms with Gasteiger partial charge in [0.25, 0.3) is 5.69 Å². The molecule has 1 N–H and O–H groups in total. The lowest BCUT2D eigenvalue weighted by molar-refractivity contribution is -0.384. The van der Waals surface area contributed by atoms with Gasteiger partial charge in [0.2, 0.25) is 26.0 Å². The number of hydrogen-bond acceptors (Lipinski definition) is 9. The fraction of sp³-hybridized carbons (Fsp3) is 0.350. The number of nitrogens with zero attached hydrogens (tertiary/aromatic N) is 3. The first kappa shape index (κ1) is 26.3. The third-order valence-corrected chi connectivity index (χ3v) is 8.14. The number of nitro groups is 1. The summed E-state index contributed by atoms with van der Waals surface area (Å²) < 4.78 is 62.7. The quantitative estimate of drug-likeness (QED) is 0.369. The number of carbonyl (C=O) groups excluding carboxylic acids is 1. The van der Waals surface area contributed by atoms with Gasteiger partial charge in [0, 0.05) is 25.2 Å². The first-order chi connectivity index (χ1) is 16.4. The normalized spacial score (nSPS) is 14.8. The van der Waals surface area contributed by atoms with Crippen LogP contribution in [0, 0.1) is 10.1 Å². The molecule has 1 heterocycles. The van der Waals surface area contributed by atoms with E-state index in [1.807, 2.05) is 0 Å². The third kappa shape index (κ3) is 6.25. The molecule has 2 aromatic carbocycles. The summed E-state index contributed by atoms with van der Waals surface area (Å²) in [6.45, 7) is 0.315. The van der Waals surface area contributed by atoms with Crippen molar-refractivity contribution in [3.8, 4) is 5.75 Å². The average molecular weight is 529 g/mol. The topological polar surface area (TPSA) is 165 Å². The number of amides is 1. The highest BCUT2D eigenvalue weighted by Crippen LogP contribution is 2.29. The molecule has 0 spiro atoms. The largest absolute Gasteiger partial charge is 0.495 e. The van der Waals surface area contributed by atoms with E-state index in [-0.39, 0.29) is 54.0 Å². The van der Waals surface area contributed by atoms with Crippen LogP contribution in [-0.2, 0) is 29.6 Å². The zero-order valence-corrected chi connectivity index (χ0v) is 20.5. The standard InChI is InChI=1S/C20H24N4O9S2/c1-32-19-8-5-16(24(26)27)13-18(19)21-20(25)14-23(34(2,28)29)15-3-6-17(7-4-15)35(30,31)22-9-11-33-12-10-22/h3-8,13H,9-12,14H2,1-2H3,(H,21,25). The van der Waals surface area contributed by atoms with Crippen molar-refractivity contribution in [1.29, 1.82) is 0 Å². The molecule has 15 heteroatoms. The molecular weight excluding hydrogens is 504 g/mol. The monoisotopic (exact) mass is 528 g/mol. The summed E-state index contributed by atoms with van der Waals surface area (Å²) in [4.78, 5) is 23.0. The van der Waals surface area contributed by atoms with Crippen molar-refractivity contribution in [3.63, 3.8) is 0 Å². The molecule has 1 saturated heterocycles. The van der Waals surface area contributed by atoms with E-state index in [4.69, 9.17) is 9.47 Å². The fourth-order valence-corrected chi connectivity index (χ4v) is 5.61. The Morgan fingerprint density at radius 2 is 1.77 bits per heavy atom. The van der Waals surface area contributed by atoms with E-state index >= 15 is 0 Å². The van der Waals surface area contributed by atoms with E-state index in [2.05, 4.69) is 5.32 Å². The molecule has 2 aromatic rings. The lowest BCUT2D eigenvalue weighted by Crippen LogP contribution is -2.40. The second-order valence-corrected chi connectivity index (χ2v) is 11.3. The number of benzene rings is 2. The van der Waals surface area contributed by atoms with Crippen LogP contribution in [0.4, 0.5) is 17.1 Å². The number of nitro benzene ring substituents is 1. The summed E-state index contributed by atoms with van der Waals surface area (Å²) in [5, 5.41) is 13.5. The van der Waals surface area contributed by atoms with Gasteiger partial charge in [-0.15, -0.1) is 0 Å². The molecule has 1 aliphatic heterocycles. The van der Waals surface area contributed by atoms with Crippen molar-refractivity contribution in [2.24, 2.45) is 0 Å². The number of morpholine rings is 1. The van der Waals surface area contributed by atoms with Gasteiger partial charge in [-0.05, 0) is 30.3 Å². The predicted octanol–water partition coefficient (Wildman–Crippen LogP) is 1.03. The van der Waals surface area contributed by atoms with Crippen LogP contribution in [-0.4, -0.2) is 78.2 Å². The van der Waals surface area contributed by atoms with Gasteiger partial charge in [-0.25, -0.2) is 16.8 Å². The Morgan fingerprint density at radius 1 is 1.14 bits per heavy atom. The molecule has 1 fully saturated rings. The van der Waals surface area contributed by atoms with Gasteiger partial charge in [0.1, 0.15) is 12.3 Å². The van der Waals surface area contributed by atoms with E-state index in [9.17, 15) is 31.7 Å². The molecule has 0 unspecified atom stereocenters. The highest BCUT2D eigenvalue weighted by atomic mass is 32.2. The molecule has 1 aliphatic rings. The van der Waals surface area contributed by atoms with Crippen LogP contribution in [0.3, 0.4) is 0 Å². The Kier molecular flexibility index (Phi) is 7.94. The maximum Gasteiger partial charge on any atom is 0.271 e. The number of rotatable bonds is 9. The minimum atomic E-state index is -3.95. The minimum absolute atomic E-state index is 0.00731. The lowest BCUT2D eigenvalue weighted by Gasteiger charge is -2.26. The van der Waals surface area contributed by atoms with Crippen molar-refractivity contribution in [2.45, 2.75) is 4.90 Å². The molecule has 3 rings (SSSR count). The molecule has 35 heavy (non-hydrogen) atoms. The van der Waals surface area contributed by atoms with Gasteiger partial charge in [-0.3, -0.25) is 19.2 Å². The number of hydrogen-bond donors (Lipinski definition) is 1. The molecule has 0 radical (unpaired) electrons. The highest BCUT2D eigenvalue weighted by Gasteiger charge is 2.27. The van der Waals surface area contributed by atoms with E-state index in [1.54, 1.807) is 0 Å². The van der Waals surface area contributed by atoms with Gasteiger partial charge in [-0.2, -0.15) is 4.31 Å². The van der Waals surface area contributed by atoms with Gasteiger partial charge in [0.15, 0.2) is 0 Å². The van der Waals surface area contributed by atoms with Crippen molar-refractivity contribution < 1.29 is 36.0 Å². The van der Waals surface area contributed by atoms with E-state index in [0.29, 0.717) is 0 Å². The number of sulfonamides is 2. The van der Waals surface area contributed by atoms with Crippen molar-refractivity contribution in [1.82, 2.24) is 4.31 Å². The summed E-state index contributed by atoms with van der Waals surface area (Å²) >= 11 is 0. The molecule has 0 bridgehead atoms. The number of anilines is 2. The van der Waals surface area contributed by atoms with Crippen molar-refractivity contribution >= 4 is 43.0 Å². The van der Waals surface area contributed by atoms with Crippen LogP contribution in [0.5, 0.6) is 5.75 Å². The summed E-state index contributed by atoms with van der Waals surface area (Å²) in [6.07, 6.45) is 0.895. The molecule has 0 atom stereocenters. The predicted molar refractivity (Wildman–Crippen MR) is 126 cm³/mol. The second kappa shape index (κ2) is 10.6. The first-order valence-electron chi connectivity index (χ1n) is 10.2. The third-order valence-electron chi connectivity index (χ3n) is 5.09. The molecule has 1 amide bonds. The van der Waals surface area contributed by atoms with Gasteiger partial charge in [-0.1, -0.05) is 0 Å². The molecule has 0 aliphatic carbocycles. The smallest absolute Gasteiger partial charge is 0.271 e. The maximum absolute atomic E-state index is 12.8. The van der Waals surface area contributed by atoms with Crippen molar-refractivity contribution in [2.75, 3.05) is 55.8 Å². The number of ether oxygens (including phenoxy) is 2. The lowest BCUT2D eigenvalue weighted by atomic mass is 10.2. The average Bonchev–Trinajstić information content (AvgIpc) is 2.82. The number of carbonyl (C=O) groups is 1. The zero-order chi connectivity index (χ0) is 25.8. The summed E-state index contributed by atoms with van der Waals surface area (Å²) in [7, 11) is -6.43. The van der Waals surface area contributed by atoms with Crippen LogP contribution >= 0.6 is 0 Å². The fourth-order valence-electron chi connectivity index (χ4n) is 3.35. The van der Waals surface area contributed by atoms with Crippen LogP contribution < -0.4 is 14.4 Å². The second-order valence-electron chi connectivity index (χ2n) is 7.47. The van der Waals surface area contributed by atoms with Gasteiger partial charge >= 0.3 is 0 Å². The highest BCUT2D eigenvalue weighted by molar-refractivity contribution is 7.92. The van der Waals surface area contributed by atoms with E-state index < -0.39 is 37.4 Å². The summed E-state index contributed by atoms with van der Waals surface area (Å²) in [5.41, 5.74) is -0.236. The number of nitrogens with one attached hydrogen (secondary N) is 1. The van der Waals surface area contributed by atoms with Crippen LogP contribution in [0.25, 0.3) is 0 Å². The number of methoxy groups -OCH3 is 1. The van der Waals surface area contributed by atoms with Crippen LogP contribution in [0.15, 0.2) is 47.4 Å². The molecule has 13 nitrogen and oxygen atoms in total. The van der Waals surface area contributed by atoms with Crippen LogP contribution in [0.1, 0.15) is 0 Å². The minimum Gasteiger partial charge on any atom is -0.495 e. The Bertz CT molecular complexity index is 1310. The Hall–Kier alpha value is -3.27. The molecule has 0 saturated carbocycles. The Morgan fingerprint density at radius 3 is 2.31 bits per heavy atom. The Balaban J connectivity index is 1.82. The Labute approximate surface area is 202 Å². The maximum atomic E-state index is 12.8. The van der Waals surface area contributed by atoms with Crippen LogP contribution in [0.2, 0.25) is 0 Å². The molecular formula is C20H24N4O9S2. The van der Waals surface area contributed by atoms with Gasteiger partial charge in [0.05, 0.1) is 47.8 Å². The van der Waals surface area contributed by atoms with E-state index in [0.717, 1.165) is 16.6 Å². The van der Waals surface area contributed by atoms with Crippen molar-refractivity contribution in [3.05, 3.63) is 52.6 Å². The molecule has 190 valence electrons.